The van der Waals surface area contributed by atoms with Crippen LogP contribution in [0.1, 0.15) is 47.9 Å². The van der Waals surface area contributed by atoms with Crippen molar-refractivity contribution in [2.24, 2.45) is 0 Å². The van der Waals surface area contributed by atoms with Crippen LogP contribution in [0.2, 0.25) is 0 Å². The first-order chi connectivity index (χ1) is 21.7. The molecular formula is C37H41N3O4S. The smallest absolute Gasteiger partial charge is 0.264 e. The molecule has 0 bridgehead atoms. The topological polar surface area (TPSA) is 86.8 Å². The van der Waals surface area contributed by atoms with Gasteiger partial charge in [0.15, 0.2) is 0 Å². The Morgan fingerprint density at radius 2 is 1.29 bits per heavy atom. The van der Waals surface area contributed by atoms with Gasteiger partial charge in [0.2, 0.25) is 11.8 Å². The Labute approximate surface area is 266 Å². The van der Waals surface area contributed by atoms with Crippen molar-refractivity contribution < 1.29 is 18.0 Å². The second-order valence-electron chi connectivity index (χ2n) is 11.9. The van der Waals surface area contributed by atoms with Crippen molar-refractivity contribution in [3.63, 3.8) is 0 Å². The van der Waals surface area contributed by atoms with Crippen molar-refractivity contribution in [1.82, 2.24) is 10.2 Å². The summed E-state index contributed by atoms with van der Waals surface area (Å²) in [6, 6.07) is 32.1. The third-order valence-electron chi connectivity index (χ3n) is 8.38. The van der Waals surface area contributed by atoms with Gasteiger partial charge in [-0.25, -0.2) is 8.42 Å². The Balaban J connectivity index is 1.55. The number of amides is 2. The average molecular weight is 624 g/mol. The number of nitrogens with zero attached hydrogens (tertiary/aromatic N) is 2. The van der Waals surface area contributed by atoms with E-state index < -0.39 is 28.5 Å². The molecule has 0 aromatic heterocycles. The van der Waals surface area contributed by atoms with Crippen molar-refractivity contribution in [3.8, 4) is 0 Å². The maximum absolute atomic E-state index is 14.5. The van der Waals surface area contributed by atoms with E-state index in [1.165, 1.54) is 0 Å². The van der Waals surface area contributed by atoms with Crippen molar-refractivity contribution in [2.75, 3.05) is 10.8 Å². The standard InChI is InChI=1S/C37H41N3O4S/c1-28-17-21-33(22-18-28)40(45(43,44)34-23-19-29(2)20-24-34)27-36(41)39(26-31-13-7-4-8-14-31)35(25-30-11-5-3-6-12-30)37(42)38-32-15-9-10-16-32/h3-8,11-14,17-24,32,35H,9-10,15-16,25-27H2,1-2H3,(H,38,42)/t35-/m0/s1. The quantitative estimate of drug-likeness (QED) is 0.204. The Morgan fingerprint density at radius 1 is 0.756 bits per heavy atom. The van der Waals surface area contributed by atoms with E-state index in [4.69, 9.17) is 0 Å². The molecule has 4 aromatic rings. The lowest BCUT2D eigenvalue weighted by molar-refractivity contribution is -0.140. The van der Waals surface area contributed by atoms with Crippen LogP contribution in [0.25, 0.3) is 0 Å². The van der Waals surface area contributed by atoms with Gasteiger partial charge in [-0.3, -0.25) is 13.9 Å². The van der Waals surface area contributed by atoms with E-state index in [1.54, 1.807) is 41.3 Å². The zero-order valence-electron chi connectivity index (χ0n) is 25.9. The highest BCUT2D eigenvalue weighted by molar-refractivity contribution is 7.92. The molecule has 0 aliphatic heterocycles. The molecule has 0 saturated heterocycles. The summed E-state index contributed by atoms with van der Waals surface area (Å²) in [6.07, 6.45) is 4.23. The van der Waals surface area contributed by atoms with Crippen LogP contribution >= 0.6 is 0 Å². The molecule has 7 nitrogen and oxygen atoms in total. The minimum atomic E-state index is -4.12. The summed E-state index contributed by atoms with van der Waals surface area (Å²) in [7, 11) is -4.12. The minimum Gasteiger partial charge on any atom is -0.352 e. The maximum atomic E-state index is 14.5. The van der Waals surface area contributed by atoms with Gasteiger partial charge in [0.05, 0.1) is 10.6 Å². The van der Waals surface area contributed by atoms with Gasteiger partial charge in [-0.15, -0.1) is 0 Å². The molecule has 2 amide bonds. The van der Waals surface area contributed by atoms with E-state index in [0.717, 1.165) is 52.2 Å². The molecule has 1 N–H and O–H groups in total. The summed E-state index contributed by atoms with van der Waals surface area (Å²) < 4.78 is 29.5. The van der Waals surface area contributed by atoms with Gasteiger partial charge in [-0.2, -0.15) is 0 Å². The van der Waals surface area contributed by atoms with Crippen molar-refractivity contribution in [1.29, 1.82) is 0 Å². The Hall–Kier alpha value is -4.43. The normalized spacial score (nSPS) is 14.1. The second-order valence-corrected chi connectivity index (χ2v) is 13.7. The highest BCUT2D eigenvalue weighted by Crippen LogP contribution is 2.26. The third kappa shape index (κ3) is 8.19. The molecule has 1 atom stereocenters. The largest absolute Gasteiger partial charge is 0.352 e. The number of anilines is 1. The monoisotopic (exact) mass is 623 g/mol. The molecule has 1 aliphatic rings. The molecular weight excluding hydrogens is 582 g/mol. The first kappa shape index (κ1) is 32.0. The predicted molar refractivity (Wildman–Crippen MR) is 178 cm³/mol. The molecule has 4 aromatic carbocycles. The molecule has 45 heavy (non-hydrogen) atoms. The first-order valence-corrected chi connectivity index (χ1v) is 17.0. The van der Waals surface area contributed by atoms with E-state index in [9.17, 15) is 18.0 Å². The summed E-state index contributed by atoms with van der Waals surface area (Å²) >= 11 is 0. The molecule has 0 heterocycles. The fourth-order valence-corrected chi connectivity index (χ4v) is 7.19. The van der Waals surface area contributed by atoms with Crippen LogP contribution in [0.5, 0.6) is 0 Å². The van der Waals surface area contributed by atoms with E-state index in [-0.39, 0.29) is 23.4 Å². The summed E-state index contributed by atoms with van der Waals surface area (Å²) in [5, 5.41) is 3.21. The van der Waals surface area contributed by atoms with Gasteiger partial charge in [-0.1, -0.05) is 109 Å². The third-order valence-corrected chi connectivity index (χ3v) is 10.2. The average Bonchev–Trinajstić information content (AvgIpc) is 3.56. The van der Waals surface area contributed by atoms with Gasteiger partial charge >= 0.3 is 0 Å². The number of hydrogen-bond donors (Lipinski definition) is 1. The number of hydrogen-bond acceptors (Lipinski definition) is 4. The number of rotatable bonds is 12. The zero-order valence-corrected chi connectivity index (χ0v) is 26.7. The number of sulfonamides is 1. The van der Waals surface area contributed by atoms with Gasteiger partial charge in [0.1, 0.15) is 12.6 Å². The molecule has 1 saturated carbocycles. The van der Waals surface area contributed by atoms with E-state index in [1.807, 2.05) is 86.6 Å². The van der Waals surface area contributed by atoms with E-state index in [2.05, 4.69) is 5.32 Å². The molecule has 5 rings (SSSR count). The molecule has 1 fully saturated rings. The first-order valence-electron chi connectivity index (χ1n) is 15.5. The lowest BCUT2D eigenvalue weighted by Crippen LogP contribution is -2.54. The van der Waals surface area contributed by atoms with Crippen molar-refractivity contribution in [2.45, 2.75) is 69.5 Å². The predicted octanol–water partition coefficient (Wildman–Crippen LogP) is 6.20. The van der Waals surface area contributed by atoms with Gasteiger partial charge in [0, 0.05) is 19.0 Å². The van der Waals surface area contributed by atoms with Crippen LogP contribution < -0.4 is 9.62 Å². The molecule has 234 valence electrons. The molecule has 0 unspecified atom stereocenters. The van der Waals surface area contributed by atoms with Crippen LogP contribution in [0, 0.1) is 13.8 Å². The number of carbonyl (C=O) groups excluding carboxylic acids is 2. The molecule has 1 aliphatic carbocycles. The highest BCUT2D eigenvalue weighted by Gasteiger charge is 2.35. The Morgan fingerprint density at radius 3 is 1.87 bits per heavy atom. The van der Waals surface area contributed by atoms with Crippen molar-refractivity contribution >= 4 is 27.5 Å². The number of nitrogens with one attached hydrogen (secondary N) is 1. The van der Waals surface area contributed by atoms with Gasteiger partial charge < -0.3 is 10.2 Å². The molecule has 0 radical (unpaired) electrons. The van der Waals surface area contributed by atoms with E-state index >= 15 is 0 Å². The number of carbonyl (C=O) groups is 2. The fourth-order valence-electron chi connectivity index (χ4n) is 5.78. The van der Waals surface area contributed by atoms with Crippen LogP contribution in [-0.2, 0) is 32.6 Å². The van der Waals surface area contributed by atoms with Crippen LogP contribution in [0.15, 0.2) is 114 Å². The van der Waals surface area contributed by atoms with Gasteiger partial charge in [-0.05, 0) is 62.1 Å². The zero-order chi connectivity index (χ0) is 31.8. The van der Waals surface area contributed by atoms with Crippen LogP contribution in [-0.4, -0.2) is 43.8 Å². The summed E-state index contributed by atoms with van der Waals surface area (Å²) in [5.74, 6) is -0.684. The summed E-state index contributed by atoms with van der Waals surface area (Å²) in [5.41, 5.74) is 4.04. The second kappa shape index (κ2) is 14.6. The Bertz CT molecular complexity index is 1670. The molecule has 8 heteroatoms. The van der Waals surface area contributed by atoms with Gasteiger partial charge in [0.25, 0.3) is 10.0 Å². The van der Waals surface area contributed by atoms with E-state index in [0.29, 0.717) is 12.1 Å². The lowest BCUT2D eigenvalue weighted by Gasteiger charge is -2.34. The number of benzene rings is 4. The molecule has 0 spiro atoms. The minimum absolute atomic E-state index is 0.0652. The van der Waals surface area contributed by atoms with Crippen LogP contribution in [0.4, 0.5) is 5.69 Å². The maximum Gasteiger partial charge on any atom is 0.264 e. The SMILES string of the molecule is Cc1ccc(N(CC(=O)N(Cc2ccccc2)[C@@H](Cc2ccccc2)C(=O)NC2CCCC2)S(=O)(=O)c2ccc(C)cc2)cc1. The fraction of sp³-hybridized carbons (Fsp3) is 0.297. The number of aryl methyl sites for hydroxylation is 2. The summed E-state index contributed by atoms with van der Waals surface area (Å²) in [4.78, 5) is 30.2. The Kier molecular flexibility index (Phi) is 10.4. The summed E-state index contributed by atoms with van der Waals surface area (Å²) in [6.45, 7) is 3.50. The highest BCUT2D eigenvalue weighted by atomic mass is 32.2. The van der Waals surface area contributed by atoms with Crippen molar-refractivity contribution in [3.05, 3.63) is 131 Å². The lowest BCUT2D eigenvalue weighted by atomic mass is 10.0. The van der Waals surface area contributed by atoms with Crippen LogP contribution in [0.3, 0.4) is 0 Å².